The molecular formula is C14H21BrN2O2. The van der Waals surface area contributed by atoms with Crippen LogP contribution in [-0.2, 0) is 11.3 Å². The number of hydrogen-bond acceptors (Lipinski definition) is 3. The molecule has 0 aliphatic heterocycles. The van der Waals surface area contributed by atoms with Crippen LogP contribution in [-0.4, -0.2) is 22.1 Å². The van der Waals surface area contributed by atoms with Gasteiger partial charge in [0.25, 0.3) is 0 Å². The van der Waals surface area contributed by atoms with Gasteiger partial charge in [0.2, 0.25) is 0 Å². The zero-order valence-corrected chi connectivity index (χ0v) is 13.0. The van der Waals surface area contributed by atoms with Crippen molar-refractivity contribution in [1.82, 2.24) is 10.3 Å². The summed E-state index contributed by atoms with van der Waals surface area (Å²) in [6, 6.07) is 2.42. The lowest BCUT2D eigenvalue weighted by Gasteiger charge is -2.14. The number of aromatic nitrogens is 1. The highest BCUT2D eigenvalue weighted by Gasteiger charge is 2.11. The van der Waals surface area contributed by atoms with Crippen LogP contribution in [0.2, 0.25) is 0 Å². The molecular weight excluding hydrogens is 308 g/mol. The van der Waals surface area contributed by atoms with Gasteiger partial charge in [-0.3, -0.25) is 9.78 Å². The van der Waals surface area contributed by atoms with Crippen LogP contribution in [0.25, 0.3) is 0 Å². The molecule has 106 valence electrons. The Hall–Kier alpha value is -0.940. The Balaban J connectivity index is 2.21. The number of carbonyl (C=O) groups is 1. The molecule has 0 saturated carbocycles. The summed E-state index contributed by atoms with van der Waals surface area (Å²) < 4.78 is 0.981. The van der Waals surface area contributed by atoms with Gasteiger partial charge in [-0.2, -0.15) is 0 Å². The van der Waals surface area contributed by atoms with Crippen LogP contribution in [0.1, 0.15) is 38.7 Å². The summed E-state index contributed by atoms with van der Waals surface area (Å²) in [6.07, 6.45) is 6.26. The SMILES string of the molecule is CC(CCCC(C)C(=O)O)NCc1cncc(Br)c1. The van der Waals surface area contributed by atoms with Gasteiger partial charge in [-0.25, -0.2) is 0 Å². The van der Waals surface area contributed by atoms with Crippen molar-refractivity contribution < 1.29 is 9.90 Å². The molecule has 4 nitrogen and oxygen atoms in total. The first-order valence-corrected chi connectivity index (χ1v) is 7.34. The largest absolute Gasteiger partial charge is 0.481 e. The Bertz CT molecular complexity index is 412. The first-order chi connectivity index (χ1) is 8.99. The van der Waals surface area contributed by atoms with E-state index in [2.05, 4.69) is 33.2 Å². The summed E-state index contributed by atoms with van der Waals surface area (Å²) >= 11 is 3.39. The highest BCUT2D eigenvalue weighted by Crippen LogP contribution is 2.11. The van der Waals surface area contributed by atoms with Crippen LogP contribution >= 0.6 is 15.9 Å². The normalized spacial score (nSPS) is 14.1. The summed E-state index contributed by atoms with van der Waals surface area (Å²) in [5, 5.41) is 12.2. The summed E-state index contributed by atoms with van der Waals surface area (Å²) in [6.45, 7) is 4.66. The van der Waals surface area contributed by atoms with Crippen LogP contribution in [0.5, 0.6) is 0 Å². The molecule has 0 aliphatic carbocycles. The number of halogens is 1. The Morgan fingerprint density at radius 3 is 2.79 bits per heavy atom. The van der Waals surface area contributed by atoms with Crippen molar-refractivity contribution in [2.24, 2.45) is 5.92 Å². The average Bonchev–Trinajstić information content (AvgIpc) is 2.36. The van der Waals surface area contributed by atoms with E-state index >= 15 is 0 Å². The standard InChI is InChI=1S/C14H21BrN2O2/c1-10(14(18)19)4-3-5-11(2)17-8-12-6-13(15)9-16-7-12/h6-7,9-11,17H,3-5,8H2,1-2H3,(H,18,19). The molecule has 1 aromatic heterocycles. The maximum atomic E-state index is 10.7. The van der Waals surface area contributed by atoms with Crippen LogP contribution in [0.4, 0.5) is 0 Å². The zero-order valence-electron chi connectivity index (χ0n) is 11.4. The van der Waals surface area contributed by atoms with Gasteiger partial charge < -0.3 is 10.4 Å². The molecule has 0 saturated heterocycles. The number of nitrogens with zero attached hydrogens (tertiary/aromatic N) is 1. The van der Waals surface area contributed by atoms with Gasteiger partial charge >= 0.3 is 5.97 Å². The minimum atomic E-state index is -0.708. The molecule has 0 amide bonds. The Morgan fingerprint density at radius 1 is 1.42 bits per heavy atom. The quantitative estimate of drug-likeness (QED) is 0.769. The van der Waals surface area contributed by atoms with Gasteiger partial charge in [-0.15, -0.1) is 0 Å². The molecule has 0 aromatic carbocycles. The van der Waals surface area contributed by atoms with Crippen LogP contribution in [0.3, 0.4) is 0 Å². The van der Waals surface area contributed by atoms with E-state index in [1.807, 2.05) is 12.3 Å². The van der Waals surface area contributed by atoms with Crippen LogP contribution in [0, 0.1) is 5.92 Å². The fraction of sp³-hybridized carbons (Fsp3) is 0.571. The number of nitrogens with one attached hydrogen (secondary N) is 1. The lowest BCUT2D eigenvalue weighted by molar-refractivity contribution is -0.141. The smallest absolute Gasteiger partial charge is 0.306 e. The van der Waals surface area contributed by atoms with Gasteiger partial charge in [0.15, 0.2) is 0 Å². The van der Waals surface area contributed by atoms with E-state index in [9.17, 15) is 4.79 Å². The minimum Gasteiger partial charge on any atom is -0.481 e. The summed E-state index contributed by atoms with van der Waals surface area (Å²) in [4.78, 5) is 14.8. The molecule has 0 aliphatic rings. The van der Waals surface area contributed by atoms with E-state index in [-0.39, 0.29) is 5.92 Å². The van der Waals surface area contributed by atoms with E-state index in [0.29, 0.717) is 6.04 Å². The number of pyridine rings is 1. The lowest BCUT2D eigenvalue weighted by Crippen LogP contribution is -2.25. The molecule has 2 N–H and O–H groups in total. The van der Waals surface area contributed by atoms with Crippen molar-refractivity contribution in [3.8, 4) is 0 Å². The summed E-state index contributed by atoms with van der Waals surface area (Å²) in [5.74, 6) is -0.956. The van der Waals surface area contributed by atoms with E-state index in [4.69, 9.17) is 5.11 Å². The molecule has 0 fully saturated rings. The summed E-state index contributed by atoms with van der Waals surface area (Å²) in [5.41, 5.74) is 1.14. The van der Waals surface area contributed by atoms with Crippen molar-refractivity contribution in [2.45, 2.75) is 45.7 Å². The monoisotopic (exact) mass is 328 g/mol. The number of carboxylic acid groups (broad SMARTS) is 1. The Kier molecular flexibility index (Phi) is 7.02. The topological polar surface area (TPSA) is 62.2 Å². The zero-order chi connectivity index (χ0) is 14.3. The third kappa shape index (κ3) is 6.68. The minimum absolute atomic E-state index is 0.249. The molecule has 0 spiro atoms. The predicted molar refractivity (Wildman–Crippen MR) is 78.9 cm³/mol. The average molecular weight is 329 g/mol. The molecule has 0 radical (unpaired) electrons. The van der Waals surface area contributed by atoms with Gasteiger partial charge in [-0.1, -0.05) is 13.3 Å². The van der Waals surface area contributed by atoms with Gasteiger partial charge in [0.1, 0.15) is 0 Å². The van der Waals surface area contributed by atoms with Crippen LogP contribution < -0.4 is 5.32 Å². The molecule has 1 aromatic rings. The van der Waals surface area contributed by atoms with Crippen molar-refractivity contribution in [2.75, 3.05) is 0 Å². The maximum absolute atomic E-state index is 10.7. The molecule has 2 unspecified atom stereocenters. The third-order valence-electron chi connectivity index (χ3n) is 3.11. The second kappa shape index (κ2) is 8.27. The molecule has 0 bridgehead atoms. The lowest BCUT2D eigenvalue weighted by atomic mass is 10.0. The Morgan fingerprint density at radius 2 is 2.16 bits per heavy atom. The fourth-order valence-electron chi connectivity index (χ4n) is 1.80. The first kappa shape index (κ1) is 16.1. The second-order valence-electron chi connectivity index (χ2n) is 4.96. The third-order valence-corrected chi connectivity index (χ3v) is 3.55. The van der Waals surface area contributed by atoms with E-state index in [1.165, 1.54) is 0 Å². The number of hydrogen-bond donors (Lipinski definition) is 2. The van der Waals surface area contributed by atoms with E-state index in [1.54, 1.807) is 13.1 Å². The highest BCUT2D eigenvalue weighted by molar-refractivity contribution is 9.10. The first-order valence-electron chi connectivity index (χ1n) is 6.54. The second-order valence-corrected chi connectivity index (χ2v) is 5.88. The van der Waals surface area contributed by atoms with E-state index in [0.717, 1.165) is 35.8 Å². The molecule has 1 heterocycles. The number of aliphatic carboxylic acids is 1. The van der Waals surface area contributed by atoms with Crippen molar-refractivity contribution in [1.29, 1.82) is 0 Å². The fourth-order valence-corrected chi connectivity index (χ4v) is 2.21. The molecule has 19 heavy (non-hydrogen) atoms. The maximum Gasteiger partial charge on any atom is 0.306 e. The molecule has 2 atom stereocenters. The summed E-state index contributed by atoms with van der Waals surface area (Å²) in [7, 11) is 0. The van der Waals surface area contributed by atoms with Crippen molar-refractivity contribution in [3.63, 3.8) is 0 Å². The predicted octanol–water partition coefficient (Wildman–Crippen LogP) is 3.21. The van der Waals surface area contributed by atoms with Gasteiger partial charge in [-0.05, 0) is 47.3 Å². The molecule has 5 heteroatoms. The Labute approximate surface area is 122 Å². The highest BCUT2D eigenvalue weighted by atomic mass is 79.9. The van der Waals surface area contributed by atoms with Crippen molar-refractivity contribution in [3.05, 3.63) is 28.5 Å². The number of rotatable bonds is 8. The van der Waals surface area contributed by atoms with Crippen LogP contribution in [0.15, 0.2) is 22.9 Å². The van der Waals surface area contributed by atoms with Gasteiger partial charge in [0.05, 0.1) is 5.92 Å². The number of carboxylic acids is 1. The van der Waals surface area contributed by atoms with Crippen molar-refractivity contribution >= 4 is 21.9 Å². The van der Waals surface area contributed by atoms with Gasteiger partial charge in [0, 0.05) is 29.5 Å². The molecule has 1 rings (SSSR count). The van der Waals surface area contributed by atoms with E-state index < -0.39 is 5.97 Å².